The fourth-order valence-corrected chi connectivity index (χ4v) is 3.46. The average molecular weight is 329 g/mol. The summed E-state index contributed by atoms with van der Waals surface area (Å²) in [7, 11) is -0.707. The van der Waals surface area contributed by atoms with Crippen LogP contribution in [0.4, 0.5) is 0 Å². The minimum Gasteiger partial charge on any atom is -0.481 e. The second-order valence-electron chi connectivity index (χ2n) is 5.35. The summed E-state index contributed by atoms with van der Waals surface area (Å²) in [5.74, 6) is -1.95. The Balaban J connectivity index is 2.69. The number of aliphatic carboxylic acids is 1. The van der Waals surface area contributed by atoms with Crippen LogP contribution in [0.25, 0.3) is 0 Å². The Hall–Kier alpha value is -1.44. The zero-order chi connectivity index (χ0) is 16.8. The largest absolute Gasteiger partial charge is 0.481 e. The van der Waals surface area contributed by atoms with Crippen LogP contribution < -0.4 is 0 Å². The fraction of sp³-hybridized carbons (Fsp3) is 0.533. The van der Waals surface area contributed by atoms with Gasteiger partial charge in [-0.25, -0.2) is 12.7 Å². The average Bonchev–Trinajstić information content (AvgIpc) is 2.47. The van der Waals surface area contributed by atoms with Gasteiger partial charge < -0.3 is 9.84 Å². The fourth-order valence-electron chi connectivity index (χ4n) is 2.03. The van der Waals surface area contributed by atoms with Gasteiger partial charge >= 0.3 is 5.97 Å². The summed E-state index contributed by atoms with van der Waals surface area (Å²) in [5.41, 5.74) is 0.992. The molecule has 6 nitrogen and oxygen atoms in total. The number of benzene rings is 1. The maximum absolute atomic E-state index is 12.3. The van der Waals surface area contributed by atoms with Crippen LogP contribution in [0.2, 0.25) is 0 Å². The summed E-state index contributed by atoms with van der Waals surface area (Å²) >= 11 is 0. The lowest BCUT2D eigenvalue weighted by Crippen LogP contribution is -2.39. The third-order valence-electron chi connectivity index (χ3n) is 3.46. The smallest absolute Gasteiger partial charge is 0.307 e. The van der Waals surface area contributed by atoms with E-state index in [0.717, 1.165) is 9.87 Å². The van der Waals surface area contributed by atoms with Gasteiger partial charge in [0.25, 0.3) is 0 Å². The van der Waals surface area contributed by atoms with Crippen LogP contribution in [0.1, 0.15) is 12.5 Å². The van der Waals surface area contributed by atoms with Crippen LogP contribution in [0, 0.1) is 5.92 Å². The van der Waals surface area contributed by atoms with Gasteiger partial charge in [-0.15, -0.1) is 0 Å². The predicted molar refractivity (Wildman–Crippen MR) is 84.2 cm³/mol. The normalized spacial score (nSPS) is 14.7. The van der Waals surface area contributed by atoms with E-state index in [1.54, 1.807) is 0 Å². The number of methoxy groups -OCH3 is 1. The summed E-state index contributed by atoms with van der Waals surface area (Å²) in [4.78, 5) is 10.8. The molecule has 0 aliphatic carbocycles. The number of carboxylic acids is 1. The van der Waals surface area contributed by atoms with Crippen LogP contribution in [-0.2, 0) is 26.0 Å². The van der Waals surface area contributed by atoms with Crippen LogP contribution in [0.15, 0.2) is 30.3 Å². The molecular formula is C15H23NO5S. The highest BCUT2D eigenvalue weighted by atomic mass is 32.2. The second kappa shape index (κ2) is 8.26. The van der Waals surface area contributed by atoms with Gasteiger partial charge in [0.05, 0.1) is 17.8 Å². The number of nitrogens with zero attached hydrogens (tertiary/aromatic N) is 1. The third-order valence-corrected chi connectivity index (χ3v) is 5.36. The summed E-state index contributed by atoms with van der Waals surface area (Å²) in [6.07, 6.45) is 0.00815. The van der Waals surface area contributed by atoms with Gasteiger partial charge in [0, 0.05) is 20.7 Å². The van der Waals surface area contributed by atoms with E-state index in [1.165, 1.54) is 21.1 Å². The maximum Gasteiger partial charge on any atom is 0.307 e. The van der Waals surface area contributed by atoms with Crippen molar-refractivity contribution in [2.45, 2.75) is 19.4 Å². The van der Waals surface area contributed by atoms with Crippen molar-refractivity contribution in [2.24, 2.45) is 5.92 Å². The molecule has 2 atom stereocenters. The first kappa shape index (κ1) is 18.6. The monoisotopic (exact) mass is 329 g/mol. The van der Waals surface area contributed by atoms with E-state index in [9.17, 15) is 13.2 Å². The number of hydrogen-bond donors (Lipinski definition) is 1. The SMILES string of the molecule is COC(Cc1ccccc1)CS(=O)(=O)N(C)CC(C)C(=O)O. The van der Waals surface area contributed by atoms with Crippen molar-refractivity contribution >= 4 is 16.0 Å². The highest BCUT2D eigenvalue weighted by Gasteiger charge is 2.26. The standard InChI is InChI=1S/C15H23NO5S/c1-12(15(17)18)10-16(2)22(19,20)11-14(21-3)9-13-7-5-4-6-8-13/h4-8,12,14H,9-11H2,1-3H3,(H,17,18). The molecule has 0 saturated carbocycles. The Kier molecular flexibility index (Phi) is 6.99. The van der Waals surface area contributed by atoms with E-state index in [2.05, 4.69) is 0 Å². The zero-order valence-electron chi connectivity index (χ0n) is 13.1. The molecular weight excluding hydrogens is 306 g/mol. The van der Waals surface area contributed by atoms with Gasteiger partial charge in [0.15, 0.2) is 0 Å². The maximum atomic E-state index is 12.3. The number of hydrogen-bond acceptors (Lipinski definition) is 4. The molecule has 0 fully saturated rings. The lowest BCUT2D eigenvalue weighted by molar-refractivity contribution is -0.141. The molecule has 0 radical (unpaired) electrons. The zero-order valence-corrected chi connectivity index (χ0v) is 13.9. The number of carboxylic acid groups (broad SMARTS) is 1. The van der Waals surface area contributed by atoms with Crippen molar-refractivity contribution < 1.29 is 23.1 Å². The summed E-state index contributed by atoms with van der Waals surface area (Å²) in [5, 5.41) is 8.87. The van der Waals surface area contributed by atoms with E-state index in [-0.39, 0.29) is 12.3 Å². The topological polar surface area (TPSA) is 83.9 Å². The van der Waals surface area contributed by atoms with Gasteiger partial charge in [-0.1, -0.05) is 37.3 Å². The van der Waals surface area contributed by atoms with Gasteiger partial charge in [-0.2, -0.15) is 0 Å². The van der Waals surface area contributed by atoms with Crippen LogP contribution in [0.5, 0.6) is 0 Å². The van der Waals surface area contributed by atoms with Gasteiger partial charge in [-0.05, 0) is 12.0 Å². The molecule has 1 N–H and O–H groups in total. The molecule has 1 aromatic rings. The summed E-state index contributed by atoms with van der Waals surface area (Å²) < 4.78 is 31.0. The molecule has 0 spiro atoms. The molecule has 2 unspecified atom stereocenters. The van der Waals surface area contributed by atoms with Crippen molar-refractivity contribution in [3.8, 4) is 0 Å². The molecule has 0 bridgehead atoms. The van der Waals surface area contributed by atoms with Crippen molar-refractivity contribution in [2.75, 3.05) is 26.5 Å². The molecule has 124 valence electrons. The molecule has 0 amide bonds. The molecule has 0 aliphatic heterocycles. The third kappa shape index (κ3) is 5.75. The van der Waals surface area contributed by atoms with Crippen LogP contribution >= 0.6 is 0 Å². The first-order chi connectivity index (χ1) is 10.3. The van der Waals surface area contributed by atoms with Gasteiger partial charge in [0.1, 0.15) is 0 Å². The van der Waals surface area contributed by atoms with Crippen LogP contribution in [0.3, 0.4) is 0 Å². The molecule has 0 aliphatic rings. The minimum absolute atomic E-state index is 0.0561. The molecule has 7 heteroatoms. The Bertz CT molecular complexity index is 573. The quantitative estimate of drug-likeness (QED) is 0.736. The first-order valence-corrected chi connectivity index (χ1v) is 8.60. The van der Waals surface area contributed by atoms with Gasteiger partial charge in [0.2, 0.25) is 10.0 Å². The van der Waals surface area contributed by atoms with E-state index < -0.39 is 28.0 Å². The highest BCUT2D eigenvalue weighted by Crippen LogP contribution is 2.11. The van der Waals surface area contributed by atoms with Crippen LogP contribution in [-0.4, -0.2) is 56.4 Å². The highest BCUT2D eigenvalue weighted by molar-refractivity contribution is 7.89. The van der Waals surface area contributed by atoms with Crippen molar-refractivity contribution in [3.63, 3.8) is 0 Å². The Morgan fingerprint density at radius 2 is 1.91 bits per heavy atom. The van der Waals surface area contributed by atoms with Crippen molar-refractivity contribution in [1.29, 1.82) is 0 Å². The Morgan fingerprint density at radius 1 is 1.32 bits per heavy atom. The van der Waals surface area contributed by atoms with Crippen molar-refractivity contribution in [3.05, 3.63) is 35.9 Å². The van der Waals surface area contributed by atoms with E-state index in [4.69, 9.17) is 9.84 Å². The summed E-state index contributed by atoms with van der Waals surface area (Å²) in [6, 6.07) is 9.49. The van der Waals surface area contributed by atoms with E-state index in [1.807, 2.05) is 30.3 Å². The molecule has 0 heterocycles. The Morgan fingerprint density at radius 3 is 2.41 bits per heavy atom. The summed E-state index contributed by atoms with van der Waals surface area (Å²) in [6.45, 7) is 1.42. The molecule has 0 saturated heterocycles. The van der Waals surface area contributed by atoms with E-state index >= 15 is 0 Å². The molecule has 1 aromatic carbocycles. The number of rotatable bonds is 9. The molecule has 1 rings (SSSR count). The minimum atomic E-state index is -3.58. The lowest BCUT2D eigenvalue weighted by Gasteiger charge is -2.22. The Labute approximate surface area is 131 Å². The van der Waals surface area contributed by atoms with Crippen molar-refractivity contribution in [1.82, 2.24) is 4.31 Å². The predicted octanol–water partition coefficient (Wildman–Crippen LogP) is 1.23. The lowest BCUT2D eigenvalue weighted by atomic mass is 10.1. The van der Waals surface area contributed by atoms with E-state index in [0.29, 0.717) is 6.42 Å². The first-order valence-electron chi connectivity index (χ1n) is 6.99. The molecule has 22 heavy (non-hydrogen) atoms. The molecule has 0 aromatic heterocycles. The number of sulfonamides is 1. The number of ether oxygens (including phenoxy) is 1. The second-order valence-corrected chi connectivity index (χ2v) is 7.47. The number of carbonyl (C=O) groups is 1. The van der Waals surface area contributed by atoms with Gasteiger partial charge in [-0.3, -0.25) is 4.79 Å².